The maximum atomic E-state index is 12.6. The number of aliphatic hydroxyl groups excluding tert-OH is 4. The topological polar surface area (TPSA) is 110 Å². The van der Waals surface area contributed by atoms with E-state index in [0.717, 1.165) is 38.5 Å². The van der Waals surface area contributed by atoms with E-state index < -0.39 is 36.9 Å². The summed E-state index contributed by atoms with van der Waals surface area (Å²) in [6.45, 7) is 4.08. The Labute approximate surface area is 400 Å². The van der Waals surface area contributed by atoms with Crippen LogP contribution in [0.15, 0.2) is 12.2 Å². The van der Waals surface area contributed by atoms with Crippen LogP contribution in [-0.2, 0) is 4.79 Å². The zero-order valence-corrected chi connectivity index (χ0v) is 43.3. The molecule has 0 spiro atoms. The number of nitrogens with one attached hydrogen (secondary N) is 1. The smallest absolute Gasteiger partial charge is 0.249 e. The number of carbonyl (C=O) groups excluding carboxylic acids is 1. The van der Waals surface area contributed by atoms with Gasteiger partial charge in [-0.15, -0.1) is 0 Å². The predicted molar refractivity (Wildman–Crippen MR) is 279 cm³/mol. The number of aliphatic hydroxyl groups is 4. The molecule has 6 heteroatoms. The standard InChI is InChI=1S/C58H115NO5/c1-3-5-7-9-11-13-15-17-19-21-22-23-24-25-26-27-28-29-30-31-32-33-34-35-36-38-40-42-44-46-48-50-52-56(62)58(64)59-54(53-60)57(63)55(61)51-49-47-45-43-41-39-37-20-18-16-14-12-10-8-6-4-2/h43,45,54-57,60-63H,3-42,44,46-53H2,1-2H3,(H,59,64)/b45-43+. The quantitative estimate of drug-likeness (QED) is 0.0308. The van der Waals surface area contributed by atoms with Crippen LogP contribution in [-0.4, -0.2) is 57.3 Å². The zero-order valence-electron chi connectivity index (χ0n) is 43.3. The highest BCUT2D eigenvalue weighted by molar-refractivity contribution is 5.80. The average Bonchev–Trinajstić information content (AvgIpc) is 3.30. The summed E-state index contributed by atoms with van der Waals surface area (Å²) in [6.07, 6.45) is 63.0. The van der Waals surface area contributed by atoms with Crippen molar-refractivity contribution in [3.8, 4) is 0 Å². The molecule has 5 N–H and O–H groups in total. The molecule has 382 valence electrons. The van der Waals surface area contributed by atoms with E-state index in [1.54, 1.807) is 0 Å². The van der Waals surface area contributed by atoms with Gasteiger partial charge in [-0.2, -0.15) is 0 Å². The molecule has 0 fully saturated rings. The Balaban J connectivity index is 3.55. The lowest BCUT2D eigenvalue weighted by molar-refractivity contribution is -0.132. The SMILES string of the molecule is CCCCCCCCCCCCC/C=C/CCCC(O)C(O)C(CO)NC(=O)C(O)CCCCCCCCCCCCCCCCCCCCCCCCCCCCCCCCCC. The lowest BCUT2D eigenvalue weighted by Crippen LogP contribution is -2.53. The van der Waals surface area contributed by atoms with Crippen LogP contribution < -0.4 is 5.32 Å². The first-order valence-electron chi connectivity index (χ1n) is 29.1. The molecule has 0 saturated heterocycles. The number of hydrogen-bond acceptors (Lipinski definition) is 5. The van der Waals surface area contributed by atoms with Gasteiger partial charge in [0.1, 0.15) is 12.2 Å². The predicted octanol–water partition coefficient (Wildman–Crippen LogP) is 16.9. The third-order valence-corrected chi connectivity index (χ3v) is 14.0. The van der Waals surface area contributed by atoms with Gasteiger partial charge in [-0.1, -0.05) is 296 Å². The third-order valence-electron chi connectivity index (χ3n) is 14.0. The van der Waals surface area contributed by atoms with E-state index in [4.69, 9.17) is 0 Å². The van der Waals surface area contributed by atoms with E-state index in [2.05, 4.69) is 31.3 Å². The number of allylic oxidation sites excluding steroid dienone is 2. The molecule has 0 aliphatic rings. The highest BCUT2D eigenvalue weighted by Gasteiger charge is 2.28. The van der Waals surface area contributed by atoms with Crippen molar-refractivity contribution in [2.45, 2.75) is 346 Å². The molecule has 0 aliphatic heterocycles. The summed E-state index contributed by atoms with van der Waals surface area (Å²) in [6, 6.07) is -0.998. The molecule has 0 saturated carbocycles. The molecule has 0 rings (SSSR count). The van der Waals surface area contributed by atoms with Crippen molar-refractivity contribution in [1.29, 1.82) is 0 Å². The Bertz CT molecular complexity index is 928. The fourth-order valence-corrected chi connectivity index (χ4v) is 9.41. The summed E-state index contributed by atoms with van der Waals surface area (Å²) in [4.78, 5) is 12.6. The molecule has 64 heavy (non-hydrogen) atoms. The van der Waals surface area contributed by atoms with Gasteiger partial charge in [0.2, 0.25) is 5.91 Å². The Hall–Kier alpha value is -0.950. The number of carbonyl (C=O) groups is 1. The molecule has 0 radical (unpaired) electrons. The third kappa shape index (κ3) is 46.2. The van der Waals surface area contributed by atoms with Crippen LogP contribution in [0, 0.1) is 0 Å². The number of unbranched alkanes of at least 4 members (excludes halogenated alkanes) is 43. The van der Waals surface area contributed by atoms with Crippen molar-refractivity contribution in [2.24, 2.45) is 0 Å². The Morgan fingerprint density at radius 3 is 0.938 bits per heavy atom. The zero-order chi connectivity index (χ0) is 46.7. The first-order chi connectivity index (χ1) is 31.5. The van der Waals surface area contributed by atoms with Gasteiger partial charge in [-0.3, -0.25) is 4.79 Å². The summed E-state index contributed by atoms with van der Waals surface area (Å²) in [5.41, 5.74) is 0. The van der Waals surface area contributed by atoms with Crippen LogP contribution in [0.4, 0.5) is 0 Å². The molecule has 0 aromatic carbocycles. The van der Waals surface area contributed by atoms with E-state index >= 15 is 0 Å². The molecule has 4 unspecified atom stereocenters. The van der Waals surface area contributed by atoms with Gasteiger partial charge in [0.25, 0.3) is 0 Å². The molecular formula is C58H115NO5. The highest BCUT2D eigenvalue weighted by atomic mass is 16.3. The van der Waals surface area contributed by atoms with Crippen molar-refractivity contribution in [3.63, 3.8) is 0 Å². The van der Waals surface area contributed by atoms with Crippen LogP contribution in [0.5, 0.6) is 0 Å². The second-order valence-electron chi connectivity index (χ2n) is 20.3. The van der Waals surface area contributed by atoms with E-state index in [-0.39, 0.29) is 0 Å². The Morgan fingerprint density at radius 1 is 0.375 bits per heavy atom. The first kappa shape index (κ1) is 63.0. The van der Waals surface area contributed by atoms with Gasteiger partial charge in [-0.05, 0) is 38.5 Å². The molecule has 1 amide bonds. The second-order valence-corrected chi connectivity index (χ2v) is 20.3. The second kappa shape index (κ2) is 53.0. The molecular weight excluding hydrogens is 791 g/mol. The van der Waals surface area contributed by atoms with Gasteiger partial charge in [0.05, 0.1) is 18.8 Å². The van der Waals surface area contributed by atoms with Crippen LogP contribution in [0.1, 0.15) is 322 Å². The van der Waals surface area contributed by atoms with Gasteiger partial charge in [-0.25, -0.2) is 0 Å². The summed E-state index contributed by atoms with van der Waals surface area (Å²) >= 11 is 0. The Morgan fingerprint density at radius 2 is 0.641 bits per heavy atom. The minimum atomic E-state index is -1.28. The van der Waals surface area contributed by atoms with Crippen molar-refractivity contribution in [1.82, 2.24) is 5.32 Å². The molecule has 0 heterocycles. The molecule has 0 aromatic heterocycles. The average molecular weight is 907 g/mol. The van der Waals surface area contributed by atoms with Gasteiger partial charge >= 0.3 is 0 Å². The molecule has 0 aliphatic carbocycles. The van der Waals surface area contributed by atoms with Crippen LogP contribution in [0.25, 0.3) is 0 Å². The van der Waals surface area contributed by atoms with Crippen LogP contribution >= 0.6 is 0 Å². The van der Waals surface area contributed by atoms with Crippen LogP contribution in [0.3, 0.4) is 0 Å². The van der Waals surface area contributed by atoms with Gasteiger partial charge < -0.3 is 25.7 Å². The van der Waals surface area contributed by atoms with Gasteiger partial charge in [0.15, 0.2) is 0 Å². The highest BCUT2D eigenvalue weighted by Crippen LogP contribution is 2.18. The lowest BCUT2D eigenvalue weighted by atomic mass is 10.00. The maximum absolute atomic E-state index is 12.6. The summed E-state index contributed by atoms with van der Waals surface area (Å²) in [5, 5.41) is 43.9. The lowest BCUT2D eigenvalue weighted by Gasteiger charge is -2.27. The molecule has 6 nitrogen and oxygen atoms in total. The summed E-state index contributed by atoms with van der Waals surface area (Å²) < 4.78 is 0. The van der Waals surface area contributed by atoms with E-state index in [1.165, 1.54) is 257 Å². The first-order valence-corrected chi connectivity index (χ1v) is 29.1. The summed E-state index contributed by atoms with van der Waals surface area (Å²) in [5.74, 6) is -0.587. The fourth-order valence-electron chi connectivity index (χ4n) is 9.41. The monoisotopic (exact) mass is 906 g/mol. The molecule has 0 bridgehead atoms. The number of amides is 1. The number of hydrogen-bond donors (Lipinski definition) is 5. The van der Waals surface area contributed by atoms with Crippen molar-refractivity contribution in [2.75, 3.05) is 6.61 Å². The minimum Gasteiger partial charge on any atom is -0.394 e. The van der Waals surface area contributed by atoms with Crippen molar-refractivity contribution in [3.05, 3.63) is 12.2 Å². The van der Waals surface area contributed by atoms with E-state index in [0.29, 0.717) is 12.8 Å². The maximum Gasteiger partial charge on any atom is 0.249 e. The minimum absolute atomic E-state index is 0.369. The van der Waals surface area contributed by atoms with Crippen molar-refractivity contribution >= 4 is 5.91 Å². The molecule has 0 aromatic rings. The van der Waals surface area contributed by atoms with E-state index in [9.17, 15) is 25.2 Å². The fraction of sp³-hybridized carbons (Fsp3) is 0.948. The van der Waals surface area contributed by atoms with Crippen molar-refractivity contribution < 1.29 is 25.2 Å². The Kier molecular flexibility index (Phi) is 52.2. The largest absolute Gasteiger partial charge is 0.394 e. The van der Waals surface area contributed by atoms with Gasteiger partial charge in [0, 0.05) is 0 Å². The molecule has 4 atom stereocenters. The van der Waals surface area contributed by atoms with Crippen LogP contribution in [0.2, 0.25) is 0 Å². The van der Waals surface area contributed by atoms with E-state index in [1.807, 2.05) is 0 Å². The number of rotatable bonds is 54. The summed E-state index contributed by atoms with van der Waals surface area (Å²) in [7, 11) is 0. The normalized spacial score (nSPS) is 13.8.